The Morgan fingerprint density at radius 2 is 1.48 bits per heavy atom. The lowest BCUT2D eigenvalue weighted by atomic mass is 9.94. The molecule has 2 amide bonds. The van der Waals surface area contributed by atoms with Gasteiger partial charge in [-0.2, -0.15) is 0 Å². The van der Waals surface area contributed by atoms with Crippen LogP contribution >= 0.6 is 0 Å². The molecule has 0 aliphatic heterocycles. The zero-order valence-corrected chi connectivity index (χ0v) is 14.9. The van der Waals surface area contributed by atoms with Crippen molar-refractivity contribution in [1.82, 2.24) is 10.8 Å². The van der Waals surface area contributed by atoms with E-state index in [-0.39, 0.29) is 5.56 Å². The molecule has 2 aromatic carbocycles. The van der Waals surface area contributed by atoms with Gasteiger partial charge in [0.1, 0.15) is 6.04 Å². The standard InChI is InChI=1S/C19H19F3N2O3/c1-19(2,3)18(26)23-16(17(25)24-27)11-6-4-10(5-7-11)12-8-13(20)15(22)14(21)9-12/h4-9,16,27H,1-3H3,(H,23,26)(H,24,25)/t16-/m1/s1. The SMILES string of the molecule is CC(C)(C)C(=O)N[C@@H](C(=O)NO)c1ccc(-c2cc(F)c(F)c(F)c2)cc1. The van der Waals surface area contributed by atoms with E-state index in [2.05, 4.69) is 5.32 Å². The van der Waals surface area contributed by atoms with Crippen LogP contribution < -0.4 is 10.8 Å². The van der Waals surface area contributed by atoms with Crippen LogP contribution in [0, 0.1) is 22.9 Å². The fraction of sp³-hybridized carbons (Fsp3) is 0.263. The molecule has 0 radical (unpaired) electrons. The molecule has 0 unspecified atom stereocenters. The van der Waals surface area contributed by atoms with E-state index in [9.17, 15) is 22.8 Å². The molecule has 0 saturated heterocycles. The lowest BCUT2D eigenvalue weighted by molar-refractivity contribution is -0.137. The summed E-state index contributed by atoms with van der Waals surface area (Å²) in [6.07, 6.45) is 0. The van der Waals surface area contributed by atoms with Crippen LogP contribution in [0.15, 0.2) is 36.4 Å². The third-order valence-electron chi connectivity index (χ3n) is 3.89. The van der Waals surface area contributed by atoms with Crippen molar-refractivity contribution >= 4 is 11.8 Å². The number of carbonyl (C=O) groups is 2. The van der Waals surface area contributed by atoms with Gasteiger partial charge in [0.15, 0.2) is 17.5 Å². The summed E-state index contributed by atoms with van der Waals surface area (Å²) >= 11 is 0. The molecule has 0 fully saturated rings. The Labute approximate surface area is 154 Å². The highest BCUT2D eigenvalue weighted by molar-refractivity contribution is 5.90. The molecule has 0 bridgehead atoms. The van der Waals surface area contributed by atoms with Gasteiger partial charge in [-0.1, -0.05) is 45.0 Å². The van der Waals surface area contributed by atoms with E-state index in [1.54, 1.807) is 20.8 Å². The number of hydrogen-bond donors (Lipinski definition) is 3. The van der Waals surface area contributed by atoms with E-state index in [0.717, 1.165) is 12.1 Å². The monoisotopic (exact) mass is 380 g/mol. The van der Waals surface area contributed by atoms with Crippen LogP contribution in [0.3, 0.4) is 0 Å². The Balaban J connectivity index is 2.35. The number of amides is 2. The second-order valence-electron chi connectivity index (χ2n) is 7.01. The predicted octanol–water partition coefficient (Wildman–Crippen LogP) is 3.48. The molecule has 0 saturated carbocycles. The molecule has 144 valence electrons. The lowest BCUT2D eigenvalue weighted by Crippen LogP contribution is -2.43. The van der Waals surface area contributed by atoms with E-state index < -0.39 is 40.7 Å². The molecule has 27 heavy (non-hydrogen) atoms. The quantitative estimate of drug-likeness (QED) is 0.432. The zero-order valence-electron chi connectivity index (χ0n) is 14.9. The van der Waals surface area contributed by atoms with Crippen LogP contribution in [0.4, 0.5) is 13.2 Å². The summed E-state index contributed by atoms with van der Waals surface area (Å²) < 4.78 is 39.9. The van der Waals surface area contributed by atoms with Gasteiger partial charge in [-0.15, -0.1) is 0 Å². The summed E-state index contributed by atoms with van der Waals surface area (Å²) in [6, 6.07) is 6.37. The molecule has 3 N–H and O–H groups in total. The number of nitrogens with one attached hydrogen (secondary N) is 2. The first-order valence-electron chi connectivity index (χ1n) is 8.04. The van der Waals surface area contributed by atoms with Crippen LogP contribution in [0.1, 0.15) is 32.4 Å². The van der Waals surface area contributed by atoms with E-state index in [1.165, 1.54) is 29.7 Å². The van der Waals surface area contributed by atoms with E-state index in [0.29, 0.717) is 11.1 Å². The van der Waals surface area contributed by atoms with Gasteiger partial charge in [-0.3, -0.25) is 14.8 Å². The highest BCUT2D eigenvalue weighted by Crippen LogP contribution is 2.26. The van der Waals surface area contributed by atoms with Crippen molar-refractivity contribution in [1.29, 1.82) is 0 Å². The fourth-order valence-electron chi connectivity index (χ4n) is 2.30. The summed E-state index contributed by atoms with van der Waals surface area (Å²) in [4.78, 5) is 24.1. The molecule has 0 heterocycles. The maximum atomic E-state index is 13.4. The molecule has 8 heteroatoms. The van der Waals surface area contributed by atoms with E-state index >= 15 is 0 Å². The maximum absolute atomic E-state index is 13.4. The highest BCUT2D eigenvalue weighted by Gasteiger charge is 2.28. The fourth-order valence-corrected chi connectivity index (χ4v) is 2.30. The number of carbonyl (C=O) groups excluding carboxylic acids is 2. The van der Waals surface area contributed by atoms with Gasteiger partial charge < -0.3 is 5.32 Å². The van der Waals surface area contributed by atoms with Crippen molar-refractivity contribution in [2.75, 3.05) is 0 Å². The van der Waals surface area contributed by atoms with Crippen molar-refractivity contribution < 1.29 is 28.0 Å². The molecule has 0 aliphatic rings. The summed E-state index contributed by atoms with van der Waals surface area (Å²) in [5, 5.41) is 11.5. The highest BCUT2D eigenvalue weighted by atomic mass is 19.2. The van der Waals surface area contributed by atoms with Gasteiger partial charge in [0.05, 0.1) is 0 Å². The first kappa shape index (κ1) is 20.4. The van der Waals surface area contributed by atoms with E-state index in [4.69, 9.17) is 5.21 Å². The number of hydrogen-bond acceptors (Lipinski definition) is 3. The van der Waals surface area contributed by atoms with Crippen molar-refractivity contribution in [3.05, 3.63) is 59.4 Å². The van der Waals surface area contributed by atoms with Gasteiger partial charge in [-0.05, 0) is 28.8 Å². The molecule has 2 rings (SSSR count). The molecule has 0 spiro atoms. The van der Waals surface area contributed by atoms with Gasteiger partial charge in [0.2, 0.25) is 5.91 Å². The first-order valence-corrected chi connectivity index (χ1v) is 8.04. The molecule has 1 atom stereocenters. The summed E-state index contributed by atoms with van der Waals surface area (Å²) in [6.45, 7) is 4.99. The van der Waals surface area contributed by atoms with Crippen LogP contribution in [0.2, 0.25) is 0 Å². The minimum atomic E-state index is -1.56. The molecule has 0 aliphatic carbocycles. The number of rotatable bonds is 4. The average Bonchev–Trinajstić information content (AvgIpc) is 2.62. The molecule has 2 aromatic rings. The third kappa shape index (κ3) is 4.65. The van der Waals surface area contributed by atoms with Crippen LogP contribution in [0.5, 0.6) is 0 Å². The minimum absolute atomic E-state index is 0.111. The van der Waals surface area contributed by atoms with Crippen molar-refractivity contribution in [3.63, 3.8) is 0 Å². The number of halogens is 3. The van der Waals surface area contributed by atoms with Gasteiger partial charge in [-0.25, -0.2) is 18.7 Å². The van der Waals surface area contributed by atoms with Crippen LogP contribution in [-0.2, 0) is 9.59 Å². The van der Waals surface area contributed by atoms with Gasteiger partial charge in [0.25, 0.3) is 5.91 Å². The summed E-state index contributed by atoms with van der Waals surface area (Å²) in [5.74, 6) is -5.45. The predicted molar refractivity (Wildman–Crippen MR) is 92.0 cm³/mol. The smallest absolute Gasteiger partial charge is 0.270 e. The van der Waals surface area contributed by atoms with Crippen LogP contribution in [-0.4, -0.2) is 17.0 Å². The number of hydroxylamine groups is 1. The second kappa shape index (κ2) is 7.79. The topological polar surface area (TPSA) is 78.4 Å². The van der Waals surface area contributed by atoms with Crippen molar-refractivity contribution in [2.24, 2.45) is 5.41 Å². The second-order valence-corrected chi connectivity index (χ2v) is 7.01. The molecule has 0 aromatic heterocycles. The van der Waals surface area contributed by atoms with Crippen LogP contribution in [0.25, 0.3) is 11.1 Å². The Bertz CT molecular complexity index is 838. The molecular formula is C19H19F3N2O3. The number of benzene rings is 2. The Hall–Kier alpha value is -2.87. The van der Waals surface area contributed by atoms with Gasteiger partial charge in [0, 0.05) is 5.41 Å². The third-order valence-corrected chi connectivity index (χ3v) is 3.89. The van der Waals surface area contributed by atoms with E-state index in [1.807, 2.05) is 0 Å². The normalized spacial score (nSPS) is 12.4. The maximum Gasteiger partial charge on any atom is 0.270 e. The van der Waals surface area contributed by atoms with Gasteiger partial charge >= 0.3 is 0 Å². The first-order chi connectivity index (χ1) is 12.5. The minimum Gasteiger partial charge on any atom is -0.340 e. The molecular weight excluding hydrogens is 361 g/mol. The van der Waals surface area contributed by atoms with Crippen molar-refractivity contribution in [2.45, 2.75) is 26.8 Å². The Kier molecular flexibility index (Phi) is 5.90. The Morgan fingerprint density at radius 1 is 0.963 bits per heavy atom. The molecule has 5 nitrogen and oxygen atoms in total. The summed E-state index contributed by atoms with van der Waals surface area (Å²) in [7, 11) is 0. The lowest BCUT2D eigenvalue weighted by Gasteiger charge is -2.23. The van der Waals surface area contributed by atoms with Crippen molar-refractivity contribution in [3.8, 4) is 11.1 Å². The summed E-state index contributed by atoms with van der Waals surface area (Å²) in [5.41, 5.74) is 1.55. The zero-order chi connectivity index (χ0) is 20.4. The Morgan fingerprint density at radius 3 is 1.93 bits per heavy atom. The average molecular weight is 380 g/mol. The largest absolute Gasteiger partial charge is 0.340 e.